The molecule has 1 aliphatic rings. The summed E-state index contributed by atoms with van der Waals surface area (Å²) >= 11 is 0. The maximum atomic E-state index is 11.9. The van der Waals surface area contributed by atoms with Crippen LogP contribution in [0.3, 0.4) is 0 Å². The average molecular weight is 265 g/mol. The van der Waals surface area contributed by atoms with Gasteiger partial charge in [-0.1, -0.05) is 11.1 Å². The fraction of sp³-hybridized carbons (Fsp3) is 0.500. The Balaban J connectivity index is 2.35. The molecule has 102 valence electrons. The molecule has 1 fully saturated rings. The fourth-order valence-corrected chi connectivity index (χ4v) is 1.70. The second-order valence-electron chi connectivity index (χ2n) is 4.91. The molecular weight excluding hydrogens is 250 g/mol. The molecule has 0 aromatic carbocycles. The van der Waals surface area contributed by atoms with E-state index in [9.17, 15) is 15.0 Å². The van der Waals surface area contributed by atoms with Crippen LogP contribution in [0.2, 0.25) is 0 Å². The van der Waals surface area contributed by atoms with Crippen molar-refractivity contribution in [3.05, 3.63) is 11.8 Å². The van der Waals surface area contributed by atoms with Crippen LogP contribution >= 0.6 is 0 Å². The van der Waals surface area contributed by atoms with Crippen molar-refractivity contribution in [2.45, 2.75) is 31.7 Å². The van der Waals surface area contributed by atoms with Crippen molar-refractivity contribution in [3.8, 4) is 12.3 Å². The van der Waals surface area contributed by atoms with E-state index >= 15 is 0 Å². The largest absolute Gasteiger partial charge is 0.369 e. The summed E-state index contributed by atoms with van der Waals surface area (Å²) in [6, 6.07) is 0.897. The molecule has 1 aromatic rings. The van der Waals surface area contributed by atoms with Gasteiger partial charge in [0.15, 0.2) is 12.5 Å². The average Bonchev–Trinajstić information content (AvgIpc) is 2.92. The van der Waals surface area contributed by atoms with E-state index in [0.717, 1.165) is 9.80 Å². The predicted molar refractivity (Wildman–Crippen MR) is 66.0 cm³/mol. The number of carbonyl (C=O) groups excluding carboxylic acids is 1. The number of aromatic nitrogens is 1. The zero-order valence-corrected chi connectivity index (χ0v) is 10.9. The van der Waals surface area contributed by atoms with Gasteiger partial charge < -0.3 is 14.7 Å². The maximum Gasteiger partial charge on any atom is 0.331 e. The maximum absolute atomic E-state index is 11.9. The smallest absolute Gasteiger partial charge is 0.331 e. The Morgan fingerprint density at radius 2 is 2.11 bits per heavy atom. The number of likely N-dealkylation sites (N-methyl/N-ethyl adjacent to an activating group) is 1. The zero-order valence-electron chi connectivity index (χ0n) is 10.9. The molecular formula is C12H15N3O4. The van der Waals surface area contributed by atoms with Crippen molar-refractivity contribution in [1.29, 1.82) is 0 Å². The van der Waals surface area contributed by atoms with Crippen LogP contribution in [0.1, 0.15) is 19.5 Å². The lowest BCUT2D eigenvalue weighted by Gasteiger charge is -2.15. The summed E-state index contributed by atoms with van der Waals surface area (Å²) < 4.78 is 5.04. The number of nitrogens with zero attached hydrogens (tertiary/aromatic N) is 3. The first-order valence-electron chi connectivity index (χ1n) is 5.66. The van der Waals surface area contributed by atoms with E-state index in [4.69, 9.17) is 10.9 Å². The highest BCUT2D eigenvalue weighted by molar-refractivity contribution is 5.93. The van der Waals surface area contributed by atoms with Crippen LogP contribution in [0.4, 0.5) is 10.7 Å². The highest BCUT2D eigenvalue weighted by Gasteiger charge is 2.45. The first-order chi connectivity index (χ1) is 8.79. The molecule has 1 aliphatic heterocycles. The second kappa shape index (κ2) is 4.26. The number of aliphatic hydroxyl groups excluding tert-OH is 2. The molecule has 2 N–H and O–H groups in total. The van der Waals surface area contributed by atoms with Crippen molar-refractivity contribution in [1.82, 2.24) is 10.1 Å². The highest BCUT2D eigenvalue weighted by atomic mass is 16.5. The molecule has 0 radical (unpaired) electrons. The van der Waals surface area contributed by atoms with Crippen molar-refractivity contribution < 1.29 is 19.5 Å². The first kappa shape index (κ1) is 13.4. The van der Waals surface area contributed by atoms with Gasteiger partial charge in [-0.25, -0.2) is 9.69 Å². The van der Waals surface area contributed by atoms with E-state index in [1.165, 1.54) is 13.1 Å². The Labute approximate surface area is 110 Å². The van der Waals surface area contributed by atoms with Crippen LogP contribution in [-0.2, 0) is 5.41 Å². The van der Waals surface area contributed by atoms with Crippen LogP contribution in [0.15, 0.2) is 10.6 Å². The van der Waals surface area contributed by atoms with Gasteiger partial charge in [0.25, 0.3) is 0 Å². The molecule has 2 unspecified atom stereocenters. The first-order valence-corrected chi connectivity index (χ1v) is 5.66. The van der Waals surface area contributed by atoms with Crippen LogP contribution in [0, 0.1) is 12.3 Å². The summed E-state index contributed by atoms with van der Waals surface area (Å²) in [5.74, 6) is 2.59. The van der Waals surface area contributed by atoms with Gasteiger partial charge in [0.2, 0.25) is 5.88 Å². The number of carbonyl (C=O) groups is 1. The molecule has 7 heteroatoms. The van der Waals surface area contributed by atoms with E-state index in [1.807, 2.05) is 0 Å². The van der Waals surface area contributed by atoms with E-state index in [0.29, 0.717) is 5.69 Å². The summed E-state index contributed by atoms with van der Waals surface area (Å²) in [4.78, 5) is 13.8. The molecule has 2 rings (SSSR count). The predicted octanol–water partition coefficient (Wildman–Crippen LogP) is 0.0940. The molecule has 0 aliphatic carbocycles. The number of aliphatic hydroxyl groups is 2. The van der Waals surface area contributed by atoms with Gasteiger partial charge in [-0.05, 0) is 13.8 Å². The van der Waals surface area contributed by atoms with Gasteiger partial charge in [-0.15, -0.1) is 6.42 Å². The molecule has 1 saturated heterocycles. The van der Waals surface area contributed by atoms with Gasteiger partial charge in [0, 0.05) is 13.1 Å². The number of anilines is 1. The van der Waals surface area contributed by atoms with Gasteiger partial charge in [-0.2, -0.15) is 0 Å². The third-order valence-electron chi connectivity index (χ3n) is 3.17. The highest BCUT2D eigenvalue weighted by Crippen LogP contribution is 2.30. The minimum absolute atomic E-state index is 0.0409. The Bertz CT molecular complexity index is 545. The van der Waals surface area contributed by atoms with E-state index in [-0.39, 0.29) is 5.88 Å². The summed E-state index contributed by atoms with van der Waals surface area (Å²) in [6.45, 7) is 3.55. The standard InChI is InChI=1S/C12H15N3O4/c1-5-12(2,3)7-6-8(19-13-7)15-10(17)9(16)14(4)11(15)18/h1,6,9-10,16-17H,2-4H3. The van der Waals surface area contributed by atoms with Gasteiger partial charge in [-0.3, -0.25) is 4.90 Å². The summed E-state index contributed by atoms with van der Waals surface area (Å²) in [5.41, 5.74) is -0.186. The summed E-state index contributed by atoms with van der Waals surface area (Å²) in [5, 5.41) is 23.2. The molecule has 0 bridgehead atoms. The van der Waals surface area contributed by atoms with Gasteiger partial charge >= 0.3 is 6.03 Å². The van der Waals surface area contributed by atoms with Crippen molar-refractivity contribution in [2.75, 3.05) is 11.9 Å². The number of rotatable bonds is 2. The van der Waals surface area contributed by atoms with Gasteiger partial charge in [0.05, 0.1) is 5.41 Å². The topological polar surface area (TPSA) is 90.0 Å². The Hall–Kier alpha value is -2.04. The number of hydrogen-bond donors (Lipinski definition) is 2. The van der Waals surface area contributed by atoms with Crippen LogP contribution in [-0.4, -0.2) is 45.8 Å². The van der Waals surface area contributed by atoms with E-state index in [2.05, 4.69) is 11.1 Å². The van der Waals surface area contributed by atoms with Crippen LogP contribution < -0.4 is 4.90 Å². The molecule has 2 heterocycles. The normalized spacial score (nSPS) is 23.9. The van der Waals surface area contributed by atoms with Crippen molar-refractivity contribution in [3.63, 3.8) is 0 Å². The van der Waals surface area contributed by atoms with Gasteiger partial charge in [0.1, 0.15) is 5.69 Å². The number of terminal acetylenes is 1. The molecule has 1 aromatic heterocycles. The SMILES string of the molecule is C#CC(C)(C)c1cc(N2C(=O)N(C)C(O)C2O)on1. The van der Waals surface area contributed by atoms with Crippen molar-refractivity contribution >= 4 is 11.9 Å². The fourth-order valence-electron chi connectivity index (χ4n) is 1.70. The second-order valence-corrected chi connectivity index (χ2v) is 4.91. The van der Waals surface area contributed by atoms with Crippen LogP contribution in [0.5, 0.6) is 0 Å². The van der Waals surface area contributed by atoms with E-state index < -0.39 is 23.9 Å². The number of hydrogen-bond acceptors (Lipinski definition) is 5. The Morgan fingerprint density at radius 1 is 1.47 bits per heavy atom. The van der Waals surface area contributed by atoms with Crippen LogP contribution in [0.25, 0.3) is 0 Å². The summed E-state index contributed by atoms with van der Waals surface area (Å²) in [7, 11) is 1.37. The monoisotopic (exact) mass is 265 g/mol. The lowest BCUT2D eigenvalue weighted by molar-refractivity contribution is -0.0190. The lowest BCUT2D eigenvalue weighted by atomic mass is 9.91. The lowest BCUT2D eigenvalue weighted by Crippen LogP contribution is -2.36. The third kappa shape index (κ3) is 1.95. The molecule has 0 saturated carbocycles. The molecule has 19 heavy (non-hydrogen) atoms. The minimum atomic E-state index is -1.41. The molecule has 7 nitrogen and oxygen atoms in total. The third-order valence-corrected chi connectivity index (χ3v) is 3.17. The molecule has 0 spiro atoms. The van der Waals surface area contributed by atoms with Crippen molar-refractivity contribution in [2.24, 2.45) is 0 Å². The zero-order chi connectivity index (χ0) is 14.4. The quantitative estimate of drug-likeness (QED) is 0.740. The summed E-state index contributed by atoms with van der Waals surface area (Å²) in [6.07, 6.45) is 2.66. The molecule has 2 amide bonds. The minimum Gasteiger partial charge on any atom is -0.369 e. The number of urea groups is 1. The Morgan fingerprint density at radius 3 is 2.58 bits per heavy atom. The molecule has 2 atom stereocenters. The van der Waals surface area contributed by atoms with E-state index in [1.54, 1.807) is 13.8 Å². The number of amides is 2. The Kier molecular flexibility index (Phi) is 3.00.